The van der Waals surface area contributed by atoms with Crippen LogP contribution in [0.25, 0.3) is 22.3 Å². The van der Waals surface area contributed by atoms with E-state index in [9.17, 15) is 0 Å². The van der Waals surface area contributed by atoms with Crippen molar-refractivity contribution in [2.24, 2.45) is 0 Å². The van der Waals surface area contributed by atoms with E-state index >= 15 is 0 Å². The van der Waals surface area contributed by atoms with Crippen molar-refractivity contribution in [1.29, 1.82) is 0 Å². The van der Waals surface area contributed by atoms with Crippen molar-refractivity contribution in [1.82, 2.24) is 19.9 Å². The Morgan fingerprint density at radius 1 is 1.13 bits per heavy atom. The Bertz CT molecular complexity index is 905. The molecule has 116 valence electrons. The number of pyridine rings is 1. The summed E-state index contributed by atoms with van der Waals surface area (Å²) in [6.07, 6.45) is 2.97. The lowest BCUT2D eigenvalue weighted by Crippen LogP contribution is -2.26. The van der Waals surface area contributed by atoms with Gasteiger partial charge in [0, 0.05) is 25.0 Å². The Kier molecular flexibility index (Phi) is 3.12. The molecule has 0 atom stereocenters. The molecule has 4 rings (SSSR count). The highest BCUT2D eigenvalue weighted by atomic mass is 15.1. The van der Waals surface area contributed by atoms with E-state index in [1.807, 2.05) is 24.4 Å². The Morgan fingerprint density at radius 3 is 2.87 bits per heavy atom. The van der Waals surface area contributed by atoms with Gasteiger partial charge in [-0.25, -0.2) is 9.97 Å². The lowest BCUT2D eigenvalue weighted by Gasteiger charge is -2.25. The third-order valence-corrected chi connectivity index (χ3v) is 4.30. The predicted octanol–water partition coefficient (Wildman–Crippen LogP) is 1.84. The molecule has 6 heteroatoms. The van der Waals surface area contributed by atoms with E-state index in [2.05, 4.69) is 33.0 Å². The highest BCUT2D eigenvalue weighted by Crippen LogP contribution is 2.31. The molecule has 1 aliphatic heterocycles. The zero-order chi connectivity index (χ0) is 16.0. The minimum Gasteiger partial charge on any atom is -0.398 e. The summed E-state index contributed by atoms with van der Waals surface area (Å²) in [6, 6.07) is 7.69. The number of hydrogen-bond acceptors (Lipinski definition) is 6. The topological polar surface area (TPSA) is 94.0 Å². The summed E-state index contributed by atoms with van der Waals surface area (Å²) in [4.78, 5) is 15.6. The summed E-state index contributed by atoms with van der Waals surface area (Å²) in [6.45, 7) is 1.98. The van der Waals surface area contributed by atoms with E-state index in [4.69, 9.17) is 11.5 Å². The van der Waals surface area contributed by atoms with Gasteiger partial charge in [-0.05, 0) is 42.8 Å². The first-order valence-corrected chi connectivity index (χ1v) is 7.60. The van der Waals surface area contributed by atoms with Crippen molar-refractivity contribution in [3.63, 3.8) is 0 Å². The Balaban J connectivity index is 1.94. The van der Waals surface area contributed by atoms with Gasteiger partial charge in [-0.1, -0.05) is 6.07 Å². The van der Waals surface area contributed by atoms with Gasteiger partial charge in [0.2, 0.25) is 5.95 Å². The van der Waals surface area contributed by atoms with E-state index in [-0.39, 0.29) is 5.95 Å². The minimum absolute atomic E-state index is 0.231. The smallest absolute Gasteiger partial charge is 0.221 e. The Labute approximate surface area is 134 Å². The molecule has 0 fully saturated rings. The quantitative estimate of drug-likeness (QED) is 0.666. The van der Waals surface area contributed by atoms with E-state index in [1.54, 1.807) is 0 Å². The van der Waals surface area contributed by atoms with Crippen molar-refractivity contribution in [3.05, 3.63) is 41.6 Å². The van der Waals surface area contributed by atoms with Gasteiger partial charge in [-0.15, -0.1) is 0 Å². The van der Waals surface area contributed by atoms with Crippen molar-refractivity contribution in [2.45, 2.75) is 13.0 Å². The average Bonchev–Trinajstić information content (AvgIpc) is 2.53. The molecule has 23 heavy (non-hydrogen) atoms. The van der Waals surface area contributed by atoms with Gasteiger partial charge in [0.1, 0.15) is 5.69 Å². The summed E-state index contributed by atoms with van der Waals surface area (Å²) in [7, 11) is 2.12. The molecule has 0 bridgehead atoms. The normalized spacial score (nSPS) is 14.8. The highest BCUT2D eigenvalue weighted by Gasteiger charge is 2.17. The molecule has 3 aromatic rings. The second-order valence-corrected chi connectivity index (χ2v) is 6.00. The third-order valence-electron chi connectivity index (χ3n) is 4.30. The van der Waals surface area contributed by atoms with Crippen LogP contribution >= 0.6 is 0 Å². The van der Waals surface area contributed by atoms with E-state index in [0.717, 1.165) is 36.1 Å². The monoisotopic (exact) mass is 306 g/mol. The first kappa shape index (κ1) is 13.9. The van der Waals surface area contributed by atoms with Gasteiger partial charge in [-0.2, -0.15) is 0 Å². The molecule has 4 N–H and O–H groups in total. The maximum Gasteiger partial charge on any atom is 0.221 e. The van der Waals surface area contributed by atoms with Crippen LogP contribution in [0.15, 0.2) is 30.5 Å². The lowest BCUT2D eigenvalue weighted by molar-refractivity contribution is 0.312. The number of nitrogens with zero attached hydrogens (tertiary/aromatic N) is 4. The number of nitrogens with two attached hydrogens (primary N) is 2. The summed E-state index contributed by atoms with van der Waals surface area (Å²) < 4.78 is 0. The van der Waals surface area contributed by atoms with E-state index < -0.39 is 0 Å². The standard InChI is InChI=1S/C17H18N6/c1-23-6-5-10-8-20-14(7-11(10)9-23)16-15-12(18)3-2-4-13(15)21-17(19)22-16/h2-4,7-8H,5-6,9,18H2,1H3,(H2,19,21,22). The van der Waals surface area contributed by atoms with Gasteiger partial charge >= 0.3 is 0 Å². The second-order valence-electron chi connectivity index (χ2n) is 6.00. The number of benzene rings is 1. The van der Waals surface area contributed by atoms with E-state index in [1.165, 1.54) is 11.1 Å². The predicted molar refractivity (Wildman–Crippen MR) is 91.6 cm³/mol. The number of aromatic nitrogens is 3. The number of rotatable bonds is 1. The fourth-order valence-electron chi connectivity index (χ4n) is 3.12. The zero-order valence-electron chi connectivity index (χ0n) is 13.0. The van der Waals surface area contributed by atoms with Crippen LogP contribution in [0.5, 0.6) is 0 Å². The van der Waals surface area contributed by atoms with Gasteiger partial charge in [-0.3, -0.25) is 4.98 Å². The van der Waals surface area contributed by atoms with Gasteiger partial charge in [0.05, 0.1) is 16.6 Å². The lowest BCUT2D eigenvalue weighted by atomic mass is 10.00. The van der Waals surface area contributed by atoms with Crippen LogP contribution in [0.4, 0.5) is 11.6 Å². The summed E-state index contributed by atoms with van der Waals surface area (Å²) in [5.74, 6) is 0.231. The SMILES string of the molecule is CN1CCc2cnc(-c3nc(N)nc4cccc(N)c34)cc2C1. The van der Waals surface area contributed by atoms with Crippen LogP contribution in [-0.4, -0.2) is 33.4 Å². The minimum atomic E-state index is 0.231. The average molecular weight is 306 g/mol. The molecule has 0 aliphatic carbocycles. The molecule has 0 saturated heterocycles. The van der Waals surface area contributed by atoms with E-state index in [0.29, 0.717) is 11.4 Å². The molecule has 2 aromatic heterocycles. The Hall–Kier alpha value is -2.73. The largest absolute Gasteiger partial charge is 0.398 e. The van der Waals surface area contributed by atoms with Gasteiger partial charge < -0.3 is 16.4 Å². The molecule has 0 spiro atoms. The van der Waals surface area contributed by atoms with Crippen molar-refractivity contribution < 1.29 is 0 Å². The molecule has 0 amide bonds. The maximum absolute atomic E-state index is 6.15. The van der Waals surface area contributed by atoms with Crippen molar-refractivity contribution >= 4 is 22.5 Å². The van der Waals surface area contributed by atoms with Crippen LogP contribution in [0.1, 0.15) is 11.1 Å². The number of nitrogen functional groups attached to an aromatic ring is 2. The number of hydrogen-bond donors (Lipinski definition) is 2. The van der Waals surface area contributed by atoms with Crippen molar-refractivity contribution in [3.8, 4) is 11.4 Å². The maximum atomic E-state index is 6.15. The number of anilines is 2. The molecule has 0 saturated carbocycles. The molecular formula is C17H18N6. The molecule has 0 unspecified atom stereocenters. The van der Waals surface area contributed by atoms with Crippen molar-refractivity contribution in [2.75, 3.05) is 25.1 Å². The summed E-state index contributed by atoms with van der Waals surface area (Å²) in [5.41, 5.74) is 17.5. The molecule has 3 heterocycles. The van der Waals surface area contributed by atoms with Crippen LogP contribution in [0.2, 0.25) is 0 Å². The number of likely N-dealkylation sites (N-methyl/N-ethyl adjacent to an activating group) is 1. The second kappa shape index (κ2) is 5.17. The number of fused-ring (bicyclic) bond motifs is 2. The van der Waals surface area contributed by atoms with Crippen LogP contribution < -0.4 is 11.5 Å². The van der Waals surface area contributed by atoms with Crippen LogP contribution in [-0.2, 0) is 13.0 Å². The molecule has 0 radical (unpaired) electrons. The van der Waals surface area contributed by atoms with Crippen LogP contribution in [0.3, 0.4) is 0 Å². The molecule has 1 aliphatic rings. The fraction of sp³-hybridized carbons (Fsp3) is 0.235. The fourth-order valence-corrected chi connectivity index (χ4v) is 3.12. The molecular weight excluding hydrogens is 288 g/mol. The summed E-state index contributed by atoms with van der Waals surface area (Å²) >= 11 is 0. The highest BCUT2D eigenvalue weighted by molar-refractivity contribution is 6.00. The molecule has 1 aromatic carbocycles. The first-order valence-electron chi connectivity index (χ1n) is 7.60. The summed E-state index contributed by atoms with van der Waals surface area (Å²) in [5, 5.41) is 0.804. The molecule has 6 nitrogen and oxygen atoms in total. The first-order chi connectivity index (χ1) is 11.1. The zero-order valence-corrected chi connectivity index (χ0v) is 13.0. The van der Waals surface area contributed by atoms with Gasteiger partial charge in [0.25, 0.3) is 0 Å². The van der Waals surface area contributed by atoms with Crippen LogP contribution in [0, 0.1) is 0 Å². The third kappa shape index (κ3) is 2.37. The Morgan fingerprint density at radius 2 is 2.00 bits per heavy atom. The van der Waals surface area contributed by atoms with Gasteiger partial charge in [0.15, 0.2) is 0 Å².